The zero-order chi connectivity index (χ0) is 11.6. The first-order chi connectivity index (χ1) is 6.03. The summed E-state index contributed by atoms with van der Waals surface area (Å²) < 4.78 is 28.8. The maximum atomic E-state index is 11.1. The molecule has 0 aliphatic carbocycles. The lowest BCUT2D eigenvalue weighted by Crippen LogP contribution is -2.46. The van der Waals surface area contributed by atoms with Gasteiger partial charge < -0.3 is 4.74 Å². The molecule has 0 amide bonds. The van der Waals surface area contributed by atoms with Gasteiger partial charge in [-0.15, -0.1) is 0 Å². The second-order valence-corrected chi connectivity index (χ2v) is 5.30. The van der Waals surface area contributed by atoms with Crippen LogP contribution in [0.3, 0.4) is 0 Å². The van der Waals surface area contributed by atoms with E-state index in [4.69, 9.17) is 4.74 Å². The zero-order valence-corrected chi connectivity index (χ0v) is 9.56. The SMILES string of the molecule is C=C(C)C(=O)OC(C)(C)NS(C)(=O)=O. The van der Waals surface area contributed by atoms with Gasteiger partial charge in [0.05, 0.1) is 6.26 Å². The van der Waals surface area contributed by atoms with Crippen molar-refractivity contribution in [3.05, 3.63) is 12.2 Å². The first kappa shape index (κ1) is 13.1. The molecule has 0 aromatic heterocycles. The van der Waals surface area contributed by atoms with E-state index in [2.05, 4.69) is 11.3 Å². The summed E-state index contributed by atoms with van der Waals surface area (Å²) in [6.45, 7) is 7.75. The quantitative estimate of drug-likeness (QED) is 0.423. The molecule has 0 saturated heterocycles. The lowest BCUT2D eigenvalue weighted by atomic mass is 10.3. The molecular formula is C8H15NO4S. The first-order valence-corrected chi connectivity index (χ1v) is 5.80. The summed E-state index contributed by atoms with van der Waals surface area (Å²) in [5, 5.41) is 0. The third-order valence-corrected chi connectivity index (χ3v) is 1.99. The Balaban J connectivity index is 4.51. The normalized spacial score (nSPS) is 12.3. The van der Waals surface area contributed by atoms with E-state index in [1.54, 1.807) is 0 Å². The highest BCUT2D eigenvalue weighted by molar-refractivity contribution is 7.88. The van der Waals surface area contributed by atoms with Crippen molar-refractivity contribution in [1.29, 1.82) is 0 Å². The highest BCUT2D eigenvalue weighted by Gasteiger charge is 2.26. The molecule has 0 spiro atoms. The molecule has 82 valence electrons. The van der Waals surface area contributed by atoms with E-state index in [1.807, 2.05) is 0 Å². The predicted octanol–water partition coefficient (Wildman–Crippen LogP) is 0.391. The monoisotopic (exact) mass is 221 g/mol. The van der Waals surface area contributed by atoms with Crippen LogP contribution in [0.15, 0.2) is 12.2 Å². The molecule has 0 aromatic rings. The fourth-order valence-corrected chi connectivity index (χ4v) is 1.72. The number of nitrogens with one attached hydrogen (secondary N) is 1. The average Bonchev–Trinajstić information content (AvgIpc) is 1.78. The number of hydrogen-bond donors (Lipinski definition) is 1. The largest absolute Gasteiger partial charge is 0.440 e. The van der Waals surface area contributed by atoms with Crippen LogP contribution < -0.4 is 4.72 Å². The van der Waals surface area contributed by atoms with Crippen LogP contribution in [0.1, 0.15) is 20.8 Å². The number of sulfonamides is 1. The second kappa shape index (κ2) is 4.10. The second-order valence-electron chi connectivity index (χ2n) is 3.55. The molecule has 0 bridgehead atoms. The third-order valence-electron chi connectivity index (χ3n) is 1.13. The first-order valence-electron chi connectivity index (χ1n) is 3.91. The summed E-state index contributed by atoms with van der Waals surface area (Å²) in [4.78, 5) is 11.1. The third kappa shape index (κ3) is 5.71. The Morgan fingerprint density at radius 3 is 2.14 bits per heavy atom. The van der Waals surface area contributed by atoms with Crippen LogP contribution in [-0.2, 0) is 19.6 Å². The highest BCUT2D eigenvalue weighted by atomic mass is 32.2. The number of carbonyl (C=O) groups excluding carboxylic acids is 1. The fourth-order valence-electron chi connectivity index (χ4n) is 0.786. The van der Waals surface area contributed by atoms with Crippen molar-refractivity contribution in [1.82, 2.24) is 4.72 Å². The predicted molar refractivity (Wildman–Crippen MR) is 53.0 cm³/mol. The molecule has 0 radical (unpaired) electrons. The van der Waals surface area contributed by atoms with Crippen LogP contribution >= 0.6 is 0 Å². The summed E-state index contributed by atoms with van der Waals surface area (Å²) in [5.74, 6) is -0.633. The van der Waals surface area contributed by atoms with Crippen molar-refractivity contribution in [2.75, 3.05) is 6.26 Å². The van der Waals surface area contributed by atoms with Gasteiger partial charge in [-0.25, -0.2) is 13.2 Å². The van der Waals surface area contributed by atoms with E-state index < -0.39 is 21.7 Å². The maximum absolute atomic E-state index is 11.1. The number of rotatable bonds is 4. The van der Waals surface area contributed by atoms with Gasteiger partial charge >= 0.3 is 5.97 Å². The molecule has 0 aliphatic rings. The summed E-state index contributed by atoms with van der Waals surface area (Å²) in [6, 6.07) is 0. The number of esters is 1. The van der Waals surface area contributed by atoms with E-state index >= 15 is 0 Å². The Hall–Kier alpha value is -0.880. The van der Waals surface area contributed by atoms with Gasteiger partial charge in [0.2, 0.25) is 10.0 Å². The Morgan fingerprint density at radius 1 is 1.43 bits per heavy atom. The molecule has 0 unspecified atom stereocenters. The highest BCUT2D eigenvalue weighted by Crippen LogP contribution is 2.08. The van der Waals surface area contributed by atoms with Gasteiger partial charge in [-0.2, -0.15) is 4.72 Å². The maximum Gasteiger partial charge on any atom is 0.334 e. The molecule has 5 nitrogen and oxygen atoms in total. The fraction of sp³-hybridized carbons (Fsp3) is 0.625. The summed E-state index contributed by atoms with van der Waals surface area (Å²) >= 11 is 0. The van der Waals surface area contributed by atoms with Crippen LogP contribution in [0.5, 0.6) is 0 Å². The van der Waals surface area contributed by atoms with Crippen molar-refractivity contribution < 1.29 is 17.9 Å². The molecule has 0 atom stereocenters. The van der Waals surface area contributed by atoms with Gasteiger partial charge in [-0.05, 0) is 20.8 Å². The van der Waals surface area contributed by atoms with E-state index in [0.29, 0.717) is 0 Å². The minimum absolute atomic E-state index is 0.216. The standard InChI is InChI=1S/C8H15NO4S/c1-6(2)7(10)13-8(3,4)9-14(5,11)12/h9H,1H2,2-5H3. The zero-order valence-electron chi connectivity index (χ0n) is 8.75. The molecular weight excluding hydrogens is 206 g/mol. The molecule has 0 rings (SSSR count). The van der Waals surface area contributed by atoms with Crippen LogP contribution in [0.2, 0.25) is 0 Å². The van der Waals surface area contributed by atoms with Crippen molar-refractivity contribution in [3.8, 4) is 0 Å². The average molecular weight is 221 g/mol. The molecule has 0 aromatic carbocycles. The summed E-state index contributed by atoms with van der Waals surface area (Å²) in [6.07, 6.45) is 0.989. The van der Waals surface area contributed by atoms with Crippen LogP contribution in [0.4, 0.5) is 0 Å². The minimum Gasteiger partial charge on any atom is -0.440 e. The van der Waals surface area contributed by atoms with E-state index in [-0.39, 0.29) is 5.57 Å². The number of hydrogen-bond acceptors (Lipinski definition) is 4. The Labute approximate surface area is 84.2 Å². The van der Waals surface area contributed by atoms with Gasteiger partial charge in [0.1, 0.15) is 0 Å². The molecule has 0 fully saturated rings. The summed E-state index contributed by atoms with van der Waals surface area (Å²) in [5.41, 5.74) is -1.04. The molecule has 0 saturated carbocycles. The van der Waals surface area contributed by atoms with Crippen LogP contribution in [0, 0.1) is 0 Å². The lowest BCUT2D eigenvalue weighted by molar-refractivity contribution is -0.152. The smallest absolute Gasteiger partial charge is 0.334 e. The van der Waals surface area contributed by atoms with E-state index in [9.17, 15) is 13.2 Å². The van der Waals surface area contributed by atoms with Gasteiger partial charge in [-0.1, -0.05) is 6.58 Å². The minimum atomic E-state index is -3.41. The molecule has 0 heterocycles. The van der Waals surface area contributed by atoms with E-state index in [1.165, 1.54) is 20.8 Å². The number of ether oxygens (including phenoxy) is 1. The van der Waals surface area contributed by atoms with Crippen molar-refractivity contribution in [2.24, 2.45) is 0 Å². The van der Waals surface area contributed by atoms with Crippen molar-refractivity contribution in [3.63, 3.8) is 0 Å². The van der Waals surface area contributed by atoms with Gasteiger partial charge in [0.25, 0.3) is 0 Å². The van der Waals surface area contributed by atoms with Crippen LogP contribution in [-0.4, -0.2) is 26.4 Å². The number of carbonyl (C=O) groups is 1. The Morgan fingerprint density at radius 2 is 1.86 bits per heavy atom. The van der Waals surface area contributed by atoms with Gasteiger partial charge in [-0.3, -0.25) is 0 Å². The molecule has 6 heteroatoms. The molecule has 1 N–H and O–H groups in total. The van der Waals surface area contributed by atoms with Crippen molar-refractivity contribution in [2.45, 2.75) is 26.5 Å². The van der Waals surface area contributed by atoms with Gasteiger partial charge in [0, 0.05) is 5.57 Å². The lowest BCUT2D eigenvalue weighted by Gasteiger charge is -2.25. The van der Waals surface area contributed by atoms with Crippen LogP contribution in [0.25, 0.3) is 0 Å². The molecule has 0 aliphatic heterocycles. The Kier molecular flexibility index (Phi) is 3.84. The van der Waals surface area contributed by atoms with Crippen molar-refractivity contribution >= 4 is 16.0 Å². The van der Waals surface area contributed by atoms with E-state index in [0.717, 1.165) is 6.26 Å². The van der Waals surface area contributed by atoms with Gasteiger partial charge in [0.15, 0.2) is 5.72 Å². The Bertz CT molecular complexity index is 342. The summed E-state index contributed by atoms with van der Waals surface area (Å²) in [7, 11) is -3.41. The molecule has 14 heavy (non-hydrogen) atoms. The topological polar surface area (TPSA) is 72.5 Å².